The van der Waals surface area contributed by atoms with Gasteiger partial charge < -0.3 is 14.8 Å². The molecule has 1 amide bonds. The van der Waals surface area contributed by atoms with Crippen LogP contribution in [0, 0.1) is 0 Å². The number of thiophene rings is 1. The summed E-state index contributed by atoms with van der Waals surface area (Å²) in [5.74, 6) is 1.96. The van der Waals surface area contributed by atoms with E-state index in [1.165, 1.54) is 0 Å². The Balaban J connectivity index is 1.35. The van der Waals surface area contributed by atoms with E-state index >= 15 is 0 Å². The average molecular weight is 429 g/mol. The molecule has 29 heavy (non-hydrogen) atoms. The molecule has 9 heteroatoms. The summed E-state index contributed by atoms with van der Waals surface area (Å²) < 4.78 is 12.4. The first-order valence-corrected chi connectivity index (χ1v) is 10.8. The smallest absolute Gasteiger partial charge is 0.224 e. The van der Waals surface area contributed by atoms with Gasteiger partial charge in [-0.3, -0.25) is 4.79 Å². The lowest BCUT2D eigenvalue weighted by molar-refractivity contribution is -0.120. The highest BCUT2D eigenvalue weighted by Crippen LogP contribution is 2.28. The lowest BCUT2D eigenvalue weighted by Gasteiger charge is -2.10. The maximum absolute atomic E-state index is 12.3. The van der Waals surface area contributed by atoms with Gasteiger partial charge in [0.25, 0.3) is 0 Å². The van der Waals surface area contributed by atoms with E-state index in [0.29, 0.717) is 24.5 Å². The Morgan fingerprint density at radius 1 is 1.17 bits per heavy atom. The number of amides is 1. The van der Waals surface area contributed by atoms with Crippen molar-refractivity contribution in [3.8, 4) is 22.2 Å². The number of fused-ring (bicyclic) bond motifs is 1. The van der Waals surface area contributed by atoms with Gasteiger partial charge in [-0.15, -0.1) is 27.8 Å². The Morgan fingerprint density at radius 2 is 2.03 bits per heavy atom. The summed E-state index contributed by atoms with van der Waals surface area (Å²) in [4.78, 5) is 18.8. The number of thiazole rings is 1. The molecule has 4 rings (SSSR count). The van der Waals surface area contributed by atoms with Crippen LogP contribution in [0.2, 0.25) is 0 Å². The lowest BCUT2D eigenvalue weighted by Crippen LogP contribution is -2.27. The summed E-state index contributed by atoms with van der Waals surface area (Å²) in [5, 5.41) is 11.6. The Morgan fingerprint density at radius 3 is 2.79 bits per heavy atom. The van der Waals surface area contributed by atoms with E-state index in [1.54, 1.807) is 43.0 Å². The average Bonchev–Trinajstić information content (AvgIpc) is 3.45. The molecule has 0 bridgehead atoms. The zero-order valence-electron chi connectivity index (χ0n) is 16.0. The fourth-order valence-corrected chi connectivity index (χ4v) is 4.48. The van der Waals surface area contributed by atoms with E-state index in [2.05, 4.69) is 15.4 Å². The van der Waals surface area contributed by atoms with Gasteiger partial charge >= 0.3 is 0 Å². The standard InChI is InChI=1S/C20H20N4O3S2/c1-26-15-6-5-13(10-16(15)27-2)11-18(25)21-8-7-14-12-29-20-22-19(23-24(14)20)17-4-3-9-28-17/h3-6,9-10,12H,7-8,11H2,1-2H3,(H,21,25). The van der Waals surface area contributed by atoms with Crippen molar-refractivity contribution < 1.29 is 14.3 Å². The molecular formula is C20H20N4O3S2. The van der Waals surface area contributed by atoms with Gasteiger partial charge in [-0.1, -0.05) is 12.1 Å². The molecule has 0 radical (unpaired) electrons. The van der Waals surface area contributed by atoms with E-state index in [9.17, 15) is 4.79 Å². The normalized spacial score (nSPS) is 11.0. The Bertz CT molecular complexity index is 1120. The second-order valence-corrected chi connectivity index (χ2v) is 8.08. The van der Waals surface area contributed by atoms with E-state index in [4.69, 9.17) is 9.47 Å². The number of ether oxygens (including phenoxy) is 2. The maximum Gasteiger partial charge on any atom is 0.224 e. The molecule has 0 aliphatic heterocycles. The van der Waals surface area contributed by atoms with Gasteiger partial charge in [0.2, 0.25) is 10.9 Å². The van der Waals surface area contributed by atoms with Gasteiger partial charge in [0.05, 0.1) is 31.2 Å². The van der Waals surface area contributed by atoms with Crippen LogP contribution in [0.15, 0.2) is 41.1 Å². The fraction of sp³-hybridized carbons (Fsp3) is 0.250. The van der Waals surface area contributed by atoms with Crippen LogP contribution in [-0.4, -0.2) is 41.3 Å². The molecule has 0 atom stereocenters. The van der Waals surface area contributed by atoms with Gasteiger partial charge in [0.15, 0.2) is 17.3 Å². The van der Waals surface area contributed by atoms with Crippen molar-refractivity contribution in [3.05, 3.63) is 52.3 Å². The minimum atomic E-state index is -0.0402. The fourth-order valence-electron chi connectivity index (χ4n) is 2.98. The van der Waals surface area contributed by atoms with Crippen LogP contribution in [0.25, 0.3) is 15.7 Å². The van der Waals surface area contributed by atoms with Crippen LogP contribution in [-0.2, 0) is 17.6 Å². The molecule has 0 fully saturated rings. The summed E-state index contributed by atoms with van der Waals surface area (Å²) >= 11 is 3.18. The van der Waals surface area contributed by atoms with Crippen LogP contribution in [0.1, 0.15) is 11.3 Å². The number of carbonyl (C=O) groups is 1. The molecule has 150 valence electrons. The molecule has 1 aromatic carbocycles. The SMILES string of the molecule is COc1ccc(CC(=O)NCCc2csc3nc(-c4cccs4)nn23)cc1OC. The molecule has 0 aliphatic carbocycles. The highest BCUT2D eigenvalue weighted by Gasteiger charge is 2.13. The molecule has 1 N–H and O–H groups in total. The van der Waals surface area contributed by atoms with E-state index in [-0.39, 0.29) is 12.3 Å². The molecule has 0 aliphatic rings. The van der Waals surface area contributed by atoms with Crippen LogP contribution in [0.5, 0.6) is 11.5 Å². The number of nitrogens with zero attached hydrogens (tertiary/aromatic N) is 3. The highest BCUT2D eigenvalue weighted by atomic mass is 32.1. The third kappa shape index (κ3) is 4.25. The van der Waals surface area contributed by atoms with Gasteiger partial charge in [-0.05, 0) is 29.1 Å². The van der Waals surface area contributed by atoms with Crippen molar-refractivity contribution in [2.75, 3.05) is 20.8 Å². The number of hydrogen-bond acceptors (Lipinski definition) is 7. The molecule has 3 heterocycles. The monoisotopic (exact) mass is 428 g/mol. The maximum atomic E-state index is 12.3. The van der Waals surface area contributed by atoms with E-state index in [0.717, 1.165) is 26.9 Å². The summed E-state index contributed by atoms with van der Waals surface area (Å²) in [7, 11) is 3.17. The van der Waals surface area contributed by atoms with Crippen molar-refractivity contribution in [1.82, 2.24) is 19.9 Å². The molecule has 3 aromatic heterocycles. The van der Waals surface area contributed by atoms with Crippen molar-refractivity contribution in [3.63, 3.8) is 0 Å². The number of carbonyl (C=O) groups excluding carboxylic acids is 1. The molecule has 0 saturated heterocycles. The highest BCUT2D eigenvalue weighted by molar-refractivity contribution is 7.15. The Hall–Kier alpha value is -2.91. The van der Waals surface area contributed by atoms with E-state index < -0.39 is 0 Å². The number of nitrogens with one attached hydrogen (secondary N) is 1. The van der Waals surface area contributed by atoms with Gasteiger partial charge in [-0.25, -0.2) is 4.52 Å². The molecule has 0 unspecified atom stereocenters. The van der Waals surface area contributed by atoms with Crippen molar-refractivity contribution in [1.29, 1.82) is 0 Å². The topological polar surface area (TPSA) is 77.8 Å². The largest absolute Gasteiger partial charge is 0.493 e. The minimum Gasteiger partial charge on any atom is -0.493 e. The predicted molar refractivity (Wildman–Crippen MR) is 114 cm³/mol. The quantitative estimate of drug-likeness (QED) is 0.465. The lowest BCUT2D eigenvalue weighted by atomic mass is 10.1. The second-order valence-electron chi connectivity index (χ2n) is 6.30. The van der Waals surface area contributed by atoms with Crippen LogP contribution in [0.4, 0.5) is 0 Å². The van der Waals surface area contributed by atoms with Gasteiger partial charge in [0.1, 0.15) is 0 Å². The third-order valence-electron chi connectivity index (χ3n) is 4.41. The zero-order valence-corrected chi connectivity index (χ0v) is 17.7. The van der Waals surface area contributed by atoms with E-state index in [1.807, 2.05) is 39.5 Å². The summed E-state index contributed by atoms with van der Waals surface area (Å²) in [6.45, 7) is 0.534. The molecular weight excluding hydrogens is 408 g/mol. The number of methoxy groups -OCH3 is 2. The minimum absolute atomic E-state index is 0.0402. The Labute approximate surface area is 175 Å². The molecule has 0 saturated carbocycles. The number of aromatic nitrogens is 3. The van der Waals surface area contributed by atoms with Crippen LogP contribution < -0.4 is 14.8 Å². The molecule has 4 aromatic rings. The van der Waals surface area contributed by atoms with Crippen molar-refractivity contribution in [2.24, 2.45) is 0 Å². The molecule has 7 nitrogen and oxygen atoms in total. The van der Waals surface area contributed by atoms with Crippen LogP contribution in [0.3, 0.4) is 0 Å². The Kier molecular flexibility index (Phi) is 5.77. The van der Waals surface area contributed by atoms with Gasteiger partial charge in [-0.2, -0.15) is 4.98 Å². The van der Waals surface area contributed by atoms with Gasteiger partial charge in [0, 0.05) is 18.3 Å². The summed E-state index contributed by atoms with van der Waals surface area (Å²) in [5.41, 5.74) is 1.90. The van der Waals surface area contributed by atoms with Crippen LogP contribution >= 0.6 is 22.7 Å². The zero-order chi connectivity index (χ0) is 20.2. The first-order valence-electron chi connectivity index (χ1n) is 9.02. The first kappa shape index (κ1) is 19.4. The third-order valence-corrected chi connectivity index (χ3v) is 6.14. The second kappa shape index (κ2) is 8.62. The predicted octanol–water partition coefficient (Wildman–Crippen LogP) is 3.44. The number of hydrogen-bond donors (Lipinski definition) is 1. The summed E-state index contributed by atoms with van der Waals surface area (Å²) in [6, 6.07) is 9.49. The molecule has 0 spiro atoms. The number of rotatable bonds is 8. The van der Waals surface area contributed by atoms with Crippen molar-refractivity contribution in [2.45, 2.75) is 12.8 Å². The first-order chi connectivity index (χ1) is 14.2. The van der Waals surface area contributed by atoms with Crippen molar-refractivity contribution >= 4 is 33.5 Å². The number of benzene rings is 1. The summed E-state index contributed by atoms with van der Waals surface area (Å²) in [6.07, 6.45) is 0.968.